The van der Waals surface area contributed by atoms with Crippen LogP contribution in [-0.4, -0.2) is 44.2 Å². The number of aromatic nitrogens is 2. The molecule has 5 nitrogen and oxygen atoms in total. The molecule has 2 atom stereocenters. The first-order valence-corrected chi connectivity index (χ1v) is 7.23. The fourth-order valence-corrected chi connectivity index (χ4v) is 2.86. The van der Waals surface area contributed by atoms with Crippen LogP contribution in [0.3, 0.4) is 0 Å². The van der Waals surface area contributed by atoms with Crippen molar-refractivity contribution in [1.29, 1.82) is 0 Å². The average Bonchev–Trinajstić information content (AvgIpc) is 2.84. The van der Waals surface area contributed by atoms with Gasteiger partial charge in [-0.05, 0) is 26.2 Å². The van der Waals surface area contributed by atoms with Crippen LogP contribution in [0.4, 0.5) is 13.2 Å². The largest absolute Gasteiger partial charge is 0.425 e. The highest BCUT2D eigenvalue weighted by Gasteiger charge is 2.59. The molecule has 0 spiro atoms. The van der Waals surface area contributed by atoms with Crippen molar-refractivity contribution in [3.63, 3.8) is 0 Å². The average molecular weight is 319 g/mol. The highest BCUT2D eigenvalue weighted by molar-refractivity contribution is 5.78. The van der Waals surface area contributed by atoms with Crippen LogP contribution in [0, 0.1) is 0 Å². The molecule has 0 aromatic carbocycles. The van der Waals surface area contributed by atoms with E-state index >= 15 is 0 Å². The molecule has 1 saturated heterocycles. The minimum absolute atomic E-state index is 0.111. The molecular formula is C14H20F3N3O2. The van der Waals surface area contributed by atoms with Crippen molar-refractivity contribution in [2.24, 2.45) is 7.05 Å². The fourth-order valence-electron chi connectivity index (χ4n) is 2.86. The van der Waals surface area contributed by atoms with Gasteiger partial charge in [-0.25, -0.2) is 4.98 Å². The van der Waals surface area contributed by atoms with Gasteiger partial charge in [-0.1, -0.05) is 0 Å². The Hall–Kier alpha value is -1.57. The second kappa shape index (κ2) is 5.91. The van der Waals surface area contributed by atoms with E-state index in [1.807, 2.05) is 6.92 Å². The van der Waals surface area contributed by atoms with Crippen LogP contribution in [0.15, 0.2) is 12.4 Å². The number of hydrogen-bond donors (Lipinski definition) is 1. The van der Waals surface area contributed by atoms with Gasteiger partial charge in [0.2, 0.25) is 11.5 Å². The maximum atomic E-state index is 13.4. The quantitative estimate of drug-likeness (QED) is 0.926. The molecule has 1 aliphatic rings. The Morgan fingerprint density at radius 2 is 2.14 bits per heavy atom. The maximum absolute atomic E-state index is 13.4. The Morgan fingerprint density at radius 1 is 1.45 bits per heavy atom. The lowest BCUT2D eigenvalue weighted by Crippen LogP contribution is -2.50. The molecule has 124 valence electrons. The maximum Gasteiger partial charge on any atom is 0.425 e. The number of alkyl halides is 3. The minimum atomic E-state index is -4.99. The summed E-state index contributed by atoms with van der Waals surface area (Å²) in [6.07, 6.45) is -1.08. The summed E-state index contributed by atoms with van der Waals surface area (Å²) >= 11 is 0. The topological polar surface area (TPSA) is 58.4 Å². The van der Waals surface area contributed by atoms with Gasteiger partial charge in [-0.2, -0.15) is 13.2 Å². The van der Waals surface area contributed by atoms with Crippen molar-refractivity contribution in [1.82, 2.24) is 14.5 Å². The Labute approximate surface area is 126 Å². The molecule has 0 aliphatic carbocycles. The van der Waals surface area contributed by atoms with E-state index in [9.17, 15) is 23.1 Å². The van der Waals surface area contributed by atoms with E-state index in [-0.39, 0.29) is 6.04 Å². The number of aliphatic hydroxyl groups is 1. The summed E-state index contributed by atoms with van der Waals surface area (Å²) in [4.78, 5) is 17.3. The number of hydrogen-bond acceptors (Lipinski definition) is 3. The van der Waals surface area contributed by atoms with E-state index in [0.717, 1.165) is 23.8 Å². The number of likely N-dealkylation sites (tertiary alicyclic amines) is 1. The number of halogens is 3. The summed E-state index contributed by atoms with van der Waals surface area (Å²) in [6.45, 7) is 2.24. The zero-order chi connectivity index (χ0) is 16.5. The van der Waals surface area contributed by atoms with E-state index in [1.54, 1.807) is 0 Å². The van der Waals surface area contributed by atoms with E-state index in [2.05, 4.69) is 4.98 Å². The van der Waals surface area contributed by atoms with E-state index in [0.29, 0.717) is 6.54 Å². The number of piperidine rings is 1. The standard InChI is InChI=1S/C14H20F3N3O2/c1-10-5-3-4-7-20(10)11(21)9-13(22,14(15,16)17)12-18-6-8-19(12)2/h6,8,10,22H,3-5,7,9H2,1-2H3. The van der Waals surface area contributed by atoms with Crippen molar-refractivity contribution >= 4 is 5.91 Å². The van der Waals surface area contributed by atoms with Crippen molar-refractivity contribution in [2.75, 3.05) is 6.54 Å². The van der Waals surface area contributed by atoms with E-state index in [4.69, 9.17) is 0 Å². The van der Waals surface area contributed by atoms with Gasteiger partial charge in [0.05, 0.1) is 6.42 Å². The number of rotatable bonds is 3. The van der Waals surface area contributed by atoms with Crippen molar-refractivity contribution in [2.45, 2.75) is 50.4 Å². The Bertz CT molecular complexity index is 544. The first kappa shape index (κ1) is 16.8. The van der Waals surface area contributed by atoms with Crippen LogP contribution in [0.5, 0.6) is 0 Å². The van der Waals surface area contributed by atoms with Crippen molar-refractivity contribution < 1.29 is 23.1 Å². The van der Waals surface area contributed by atoms with Gasteiger partial charge in [0.15, 0.2) is 5.82 Å². The molecule has 2 unspecified atom stereocenters. The summed E-state index contributed by atoms with van der Waals surface area (Å²) in [5, 5.41) is 10.2. The van der Waals surface area contributed by atoms with Crippen molar-refractivity contribution in [3.8, 4) is 0 Å². The normalized spacial score (nSPS) is 22.5. The summed E-state index contributed by atoms with van der Waals surface area (Å²) in [5.74, 6) is -1.27. The monoisotopic (exact) mass is 319 g/mol. The second-order valence-corrected chi connectivity index (χ2v) is 5.83. The Balaban J connectivity index is 2.28. The molecule has 8 heteroatoms. The van der Waals surface area contributed by atoms with Crippen LogP contribution in [0.25, 0.3) is 0 Å². The molecular weight excluding hydrogens is 299 g/mol. The zero-order valence-corrected chi connectivity index (χ0v) is 12.6. The number of aryl methyl sites for hydroxylation is 1. The Morgan fingerprint density at radius 3 is 2.64 bits per heavy atom. The minimum Gasteiger partial charge on any atom is -0.374 e. The number of amides is 1. The smallest absolute Gasteiger partial charge is 0.374 e. The molecule has 2 heterocycles. The molecule has 1 N–H and O–H groups in total. The third-order valence-corrected chi connectivity index (χ3v) is 4.19. The second-order valence-electron chi connectivity index (χ2n) is 5.83. The first-order valence-electron chi connectivity index (χ1n) is 7.23. The lowest BCUT2D eigenvalue weighted by Gasteiger charge is -2.36. The Kier molecular flexibility index (Phi) is 4.51. The predicted molar refractivity (Wildman–Crippen MR) is 72.8 cm³/mol. The molecule has 1 amide bonds. The third-order valence-electron chi connectivity index (χ3n) is 4.19. The lowest BCUT2D eigenvalue weighted by atomic mass is 9.95. The molecule has 0 saturated carbocycles. The van der Waals surface area contributed by atoms with Crippen LogP contribution >= 0.6 is 0 Å². The number of carbonyl (C=O) groups excluding carboxylic acids is 1. The third kappa shape index (κ3) is 2.97. The van der Waals surface area contributed by atoms with Crippen LogP contribution < -0.4 is 0 Å². The van der Waals surface area contributed by atoms with Gasteiger partial charge in [-0.15, -0.1) is 0 Å². The molecule has 1 aliphatic heterocycles. The van der Waals surface area contributed by atoms with Gasteiger partial charge >= 0.3 is 6.18 Å². The summed E-state index contributed by atoms with van der Waals surface area (Å²) in [7, 11) is 1.35. The van der Waals surface area contributed by atoms with Crippen molar-refractivity contribution in [3.05, 3.63) is 18.2 Å². The first-order chi connectivity index (χ1) is 10.2. The summed E-state index contributed by atoms with van der Waals surface area (Å²) in [5.41, 5.74) is -3.28. The number of nitrogens with zero attached hydrogens (tertiary/aromatic N) is 3. The van der Waals surface area contributed by atoms with Gasteiger partial charge in [0.1, 0.15) is 0 Å². The summed E-state index contributed by atoms with van der Waals surface area (Å²) in [6, 6.07) is -0.111. The molecule has 1 aromatic rings. The molecule has 22 heavy (non-hydrogen) atoms. The van der Waals surface area contributed by atoms with E-state index in [1.165, 1.54) is 24.3 Å². The van der Waals surface area contributed by atoms with Gasteiger partial charge in [-0.3, -0.25) is 4.79 Å². The fraction of sp³-hybridized carbons (Fsp3) is 0.714. The van der Waals surface area contributed by atoms with Crippen LogP contribution in [0.1, 0.15) is 38.4 Å². The molecule has 1 aromatic heterocycles. The number of carbonyl (C=O) groups is 1. The lowest BCUT2D eigenvalue weighted by molar-refractivity contribution is -0.272. The SMILES string of the molecule is CC1CCCCN1C(=O)CC(O)(c1nccn1C)C(F)(F)F. The summed E-state index contributed by atoms with van der Waals surface area (Å²) < 4.78 is 41.3. The highest BCUT2D eigenvalue weighted by atomic mass is 19.4. The predicted octanol–water partition coefficient (Wildman–Crippen LogP) is 1.96. The number of imidazole rings is 1. The van der Waals surface area contributed by atoms with Gasteiger partial charge in [0, 0.05) is 32.0 Å². The molecule has 2 rings (SSSR count). The zero-order valence-electron chi connectivity index (χ0n) is 12.6. The van der Waals surface area contributed by atoms with Gasteiger partial charge in [0.25, 0.3) is 0 Å². The molecule has 0 radical (unpaired) electrons. The highest BCUT2D eigenvalue weighted by Crippen LogP contribution is 2.41. The molecule has 0 bridgehead atoms. The van der Waals surface area contributed by atoms with Crippen LogP contribution in [0.2, 0.25) is 0 Å². The van der Waals surface area contributed by atoms with Gasteiger partial charge < -0.3 is 14.6 Å². The van der Waals surface area contributed by atoms with Crippen LogP contribution in [-0.2, 0) is 17.4 Å². The molecule has 1 fully saturated rings. The van der Waals surface area contributed by atoms with E-state index < -0.39 is 29.9 Å².